The fourth-order valence-corrected chi connectivity index (χ4v) is 5.29. The summed E-state index contributed by atoms with van der Waals surface area (Å²) >= 11 is 5.99. The molecule has 0 atom stereocenters. The van der Waals surface area contributed by atoms with Crippen molar-refractivity contribution >= 4 is 23.5 Å². The van der Waals surface area contributed by atoms with Gasteiger partial charge in [-0.05, 0) is 76.1 Å². The van der Waals surface area contributed by atoms with Crippen LogP contribution in [-0.4, -0.2) is 21.8 Å². The van der Waals surface area contributed by atoms with Crippen molar-refractivity contribution in [1.29, 1.82) is 0 Å². The molecule has 0 fully saturated rings. The molecular weight excluding hydrogens is 494 g/mol. The highest BCUT2D eigenvalue weighted by molar-refractivity contribution is 6.29. The number of guanidine groups is 1. The highest BCUT2D eigenvalue weighted by Gasteiger charge is 2.37. The van der Waals surface area contributed by atoms with E-state index in [1.807, 2.05) is 29.2 Å². The molecule has 4 N–H and O–H groups in total. The molecule has 1 aromatic heterocycles. The summed E-state index contributed by atoms with van der Waals surface area (Å²) in [5.41, 5.74) is 18.9. The maximum absolute atomic E-state index is 13.7. The Labute approximate surface area is 231 Å². The van der Waals surface area contributed by atoms with Gasteiger partial charge in [-0.1, -0.05) is 75.7 Å². The molecule has 0 saturated heterocycles. The van der Waals surface area contributed by atoms with Crippen molar-refractivity contribution in [2.45, 2.75) is 77.9 Å². The Hall–Kier alpha value is -3.38. The van der Waals surface area contributed by atoms with Crippen LogP contribution in [0, 0.1) is 6.92 Å². The number of hydrogen-bond acceptors (Lipinski definition) is 3. The lowest BCUT2D eigenvalue weighted by Gasteiger charge is -2.42. The van der Waals surface area contributed by atoms with Crippen molar-refractivity contribution in [2.24, 2.45) is 16.5 Å². The van der Waals surface area contributed by atoms with Crippen LogP contribution in [0.1, 0.15) is 84.3 Å². The first-order valence-electron chi connectivity index (χ1n) is 13.0. The van der Waals surface area contributed by atoms with E-state index in [9.17, 15) is 4.79 Å². The van der Waals surface area contributed by atoms with Gasteiger partial charge in [0.2, 0.25) is 0 Å². The summed E-state index contributed by atoms with van der Waals surface area (Å²) < 4.78 is 0. The smallest absolute Gasteiger partial charge is 0.256 e. The van der Waals surface area contributed by atoms with E-state index in [1.165, 1.54) is 23.1 Å². The summed E-state index contributed by atoms with van der Waals surface area (Å²) in [6.45, 7) is 12.8. The van der Waals surface area contributed by atoms with Gasteiger partial charge in [-0.25, -0.2) is 9.98 Å². The number of carbonyl (C=O) groups is 1. The summed E-state index contributed by atoms with van der Waals surface area (Å²) in [6, 6.07) is 16.1. The number of benzene rings is 2. The molecule has 0 radical (unpaired) electrons. The highest BCUT2D eigenvalue weighted by atomic mass is 35.5. The second kappa shape index (κ2) is 10.8. The van der Waals surface area contributed by atoms with Gasteiger partial charge in [0.05, 0.1) is 12.1 Å². The number of rotatable bonds is 7. The fourth-order valence-electron chi connectivity index (χ4n) is 5.18. The van der Waals surface area contributed by atoms with E-state index in [2.05, 4.69) is 56.7 Å². The molecule has 7 heteroatoms. The average Bonchev–Trinajstić information content (AvgIpc) is 2.87. The Morgan fingerprint density at radius 2 is 1.55 bits per heavy atom. The number of amides is 1. The predicted octanol–water partition coefficient (Wildman–Crippen LogP) is 6.01. The predicted molar refractivity (Wildman–Crippen MR) is 155 cm³/mol. The van der Waals surface area contributed by atoms with Crippen LogP contribution in [0.3, 0.4) is 0 Å². The zero-order chi connectivity index (χ0) is 27.7. The average molecular weight is 532 g/mol. The van der Waals surface area contributed by atoms with Crippen LogP contribution in [0.25, 0.3) is 0 Å². The molecule has 1 aliphatic rings. The van der Waals surface area contributed by atoms with Gasteiger partial charge in [0.15, 0.2) is 5.96 Å². The van der Waals surface area contributed by atoms with Crippen molar-refractivity contribution in [3.63, 3.8) is 0 Å². The molecule has 3 aromatic rings. The number of fused-ring (bicyclic) bond motifs is 1. The van der Waals surface area contributed by atoms with Gasteiger partial charge >= 0.3 is 0 Å². The molecule has 200 valence electrons. The Bertz CT molecular complexity index is 1340. The molecular formula is C31H38ClN5O. The second-order valence-electron chi connectivity index (χ2n) is 11.7. The van der Waals surface area contributed by atoms with Gasteiger partial charge in [-0.3, -0.25) is 4.79 Å². The molecule has 0 bridgehead atoms. The van der Waals surface area contributed by atoms with E-state index in [0.29, 0.717) is 30.4 Å². The van der Waals surface area contributed by atoms with Crippen LogP contribution in [-0.2, 0) is 30.5 Å². The lowest BCUT2D eigenvalue weighted by molar-refractivity contribution is 0.0729. The SMILES string of the molecule is Cc1cc2c(cc1CN(Cc1ccc(CN=C(N)N)cc1)C(=O)c1ccc(Cl)nc1)C(C)(C)CCC2(C)C. The summed E-state index contributed by atoms with van der Waals surface area (Å²) in [5, 5.41) is 0.361. The van der Waals surface area contributed by atoms with Crippen molar-refractivity contribution in [2.75, 3.05) is 0 Å². The fraction of sp³-hybridized carbons (Fsp3) is 0.387. The van der Waals surface area contributed by atoms with Crippen LogP contribution < -0.4 is 11.5 Å². The Balaban J connectivity index is 1.68. The van der Waals surface area contributed by atoms with Crippen LogP contribution >= 0.6 is 11.6 Å². The first kappa shape index (κ1) is 27.6. The van der Waals surface area contributed by atoms with Crippen LogP contribution in [0.2, 0.25) is 5.15 Å². The highest BCUT2D eigenvalue weighted by Crippen LogP contribution is 2.46. The van der Waals surface area contributed by atoms with Gasteiger partial charge in [-0.2, -0.15) is 0 Å². The molecule has 4 rings (SSSR count). The van der Waals surface area contributed by atoms with Gasteiger partial charge in [0.1, 0.15) is 5.15 Å². The van der Waals surface area contributed by atoms with Gasteiger partial charge < -0.3 is 16.4 Å². The third-order valence-corrected chi connectivity index (χ3v) is 8.00. The van der Waals surface area contributed by atoms with Gasteiger partial charge in [0.25, 0.3) is 5.91 Å². The number of pyridine rings is 1. The molecule has 0 saturated carbocycles. The number of carbonyl (C=O) groups excluding carboxylic acids is 1. The Morgan fingerprint density at radius 3 is 2.13 bits per heavy atom. The number of aliphatic imine (C=N–C) groups is 1. The van der Waals surface area contributed by atoms with Crippen molar-refractivity contribution in [1.82, 2.24) is 9.88 Å². The molecule has 2 aromatic carbocycles. The van der Waals surface area contributed by atoms with Crippen LogP contribution in [0.4, 0.5) is 0 Å². The maximum atomic E-state index is 13.7. The number of hydrogen-bond donors (Lipinski definition) is 2. The lowest BCUT2D eigenvalue weighted by Crippen LogP contribution is -2.35. The van der Waals surface area contributed by atoms with E-state index < -0.39 is 0 Å². The minimum atomic E-state index is -0.0875. The largest absolute Gasteiger partial charge is 0.370 e. The third kappa shape index (κ3) is 6.18. The van der Waals surface area contributed by atoms with E-state index in [1.54, 1.807) is 18.3 Å². The van der Waals surface area contributed by atoms with Crippen molar-refractivity contribution in [3.8, 4) is 0 Å². The quantitative estimate of drug-likeness (QED) is 0.221. The van der Waals surface area contributed by atoms with Crippen molar-refractivity contribution < 1.29 is 4.79 Å². The molecule has 38 heavy (non-hydrogen) atoms. The molecule has 0 unspecified atom stereocenters. The Kier molecular flexibility index (Phi) is 7.84. The standard InChI is InChI=1S/C31H38ClN5O/c1-20-14-25-26(31(4,5)13-12-30(25,2)3)15-24(20)19-37(28(38)23-10-11-27(32)35-17-23)18-22-8-6-21(7-9-22)16-36-29(33)34/h6-11,14-15,17H,12-13,16,18-19H2,1-5H3,(H4,33,34,36). The number of halogens is 1. The van der Waals surface area contributed by atoms with E-state index >= 15 is 0 Å². The van der Waals surface area contributed by atoms with Crippen LogP contribution in [0.15, 0.2) is 59.7 Å². The second-order valence-corrected chi connectivity index (χ2v) is 12.1. The third-order valence-electron chi connectivity index (χ3n) is 7.77. The first-order valence-corrected chi connectivity index (χ1v) is 13.4. The maximum Gasteiger partial charge on any atom is 0.256 e. The minimum absolute atomic E-state index is 0.0643. The summed E-state index contributed by atoms with van der Waals surface area (Å²) in [4.78, 5) is 23.8. The number of nitrogens with zero attached hydrogens (tertiary/aromatic N) is 3. The molecule has 6 nitrogen and oxygen atoms in total. The summed E-state index contributed by atoms with van der Waals surface area (Å²) in [5.74, 6) is -0.0233. The Morgan fingerprint density at radius 1 is 0.947 bits per heavy atom. The topological polar surface area (TPSA) is 97.6 Å². The number of aromatic nitrogens is 1. The molecule has 1 aliphatic carbocycles. The summed E-state index contributed by atoms with van der Waals surface area (Å²) in [6.07, 6.45) is 3.85. The summed E-state index contributed by atoms with van der Waals surface area (Å²) in [7, 11) is 0. The lowest BCUT2D eigenvalue weighted by atomic mass is 9.62. The first-order chi connectivity index (χ1) is 17.9. The van der Waals surface area contributed by atoms with Gasteiger partial charge in [0, 0.05) is 19.3 Å². The number of nitrogens with two attached hydrogens (primary N) is 2. The monoisotopic (exact) mass is 531 g/mol. The zero-order valence-electron chi connectivity index (χ0n) is 23.0. The number of aryl methyl sites for hydroxylation is 1. The van der Waals surface area contributed by atoms with Crippen LogP contribution in [0.5, 0.6) is 0 Å². The zero-order valence-corrected chi connectivity index (χ0v) is 23.8. The molecule has 1 heterocycles. The molecule has 0 spiro atoms. The van der Waals surface area contributed by atoms with E-state index in [0.717, 1.165) is 23.1 Å². The van der Waals surface area contributed by atoms with E-state index in [-0.39, 0.29) is 22.7 Å². The van der Waals surface area contributed by atoms with Gasteiger partial charge in [-0.15, -0.1) is 0 Å². The molecule has 0 aliphatic heterocycles. The van der Waals surface area contributed by atoms with E-state index in [4.69, 9.17) is 23.1 Å². The normalized spacial score (nSPS) is 15.4. The minimum Gasteiger partial charge on any atom is -0.370 e. The van der Waals surface area contributed by atoms with Crippen molar-refractivity contribution in [3.05, 3.63) is 98.8 Å². The molecule has 1 amide bonds.